The molecule has 0 aliphatic carbocycles. The van der Waals surface area contributed by atoms with Crippen LogP contribution in [0.25, 0.3) is 0 Å². The van der Waals surface area contributed by atoms with E-state index in [1.165, 1.54) is 12.1 Å². The number of aliphatic hydroxyl groups excluding tert-OH is 1. The van der Waals surface area contributed by atoms with Crippen molar-refractivity contribution in [2.24, 2.45) is 4.99 Å². The zero-order chi connectivity index (χ0) is 23.0. The molecule has 1 aliphatic heterocycles. The molecule has 1 atom stereocenters. The Morgan fingerprint density at radius 1 is 1.32 bits per heavy atom. The summed E-state index contributed by atoms with van der Waals surface area (Å²) in [6.07, 6.45) is 1.51. The zero-order valence-electron chi connectivity index (χ0n) is 18.5. The number of rotatable bonds is 7. The van der Waals surface area contributed by atoms with E-state index < -0.39 is 20.2 Å². The van der Waals surface area contributed by atoms with Gasteiger partial charge in [0.25, 0.3) is 0 Å². The fraction of sp³-hybridized carbons (Fsp3) is 0.435. The second-order valence-corrected chi connectivity index (χ2v) is 14.5. The summed E-state index contributed by atoms with van der Waals surface area (Å²) in [6.45, 7) is 10.5. The zero-order valence-corrected chi connectivity index (χ0v) is 20.3. The van der Waals surface area contributed by atoms with Gasteiger partial charge >= 0.3 is 0 Å². The van der Waals surface area contributed by atoms with Crippen molar-refractivity contribution in [1.29, 1.82) is 0 Å². The Bertz CT molecular complexity index is 1030. The second-order valence-electron chi connectivity index (χ2n) is 9.34. The average molecular weight is 463 g/mol. The lowest BCUT2D eigenvalue weighted by atomic mass is 9.97. The number of aromatic nitrogens is 1. The Kier molecular flexibility index (Phi) is 6.81. The van der Waals surface area contributed by atoms with Crippen LogP contribution in [0.3, 0.4) is 0 Å². The minimum Gasteiger partial charge on any atom is -0.406 e. The van der Waals surface area contributed by atoms with E-state index in [1.807, 2.05) is 0 Å². The first-order valence-corrected chi connectivity index (χ1v) is 13.5. The van der Waals surface area contributed by atoms with Crippen molar-refractivity contribution in [2.75, 3.05) is 6.61 Å². The van der Waals surface area contributed by atoms with Crippen LogP contribution in [0.2, 0.25) is 23.2 Å². The lowest BCUT2D eigenvalue weighted by Gasteiger charge is -2.38. The van der Waals surface area contributed by atoms with Crippen LogP contribution in [0.1, 0.15) is 42.3 Å². The van der Waals surface area contributed by atoms with Gasteiger partial charge in [0.2, 0.25) is 0 Å². The molecule has 3 rings (SSSR count). The molecule has 1 unspecified atom stereocenters. The van der Waals surface area contributed by atoms with Crippen molar-refractivity contribution in [2.45, 2.75) is 57.8 Å². The topological polar surface area (TPSA) is 71.8 Å². The molecule has 8 heteroatoms. The minimum absolute atomic E-state index is 0.00978. The van der Waals surface area contributed by atoms with E-state index in [-0.39, 0.29) is 28.9 Å². The fourth-order valence-corrected chi connectivity index (χ4v) is 4.71. The second kappa shape index (κ2) is 8.90. The summed E-state index contributed by atoms with van der Waals surface area (Å²) in [5.41, 5.74) is 2.57. The third-order valence-electron chi connectivity index (χ3n) is 6.07. The molecule has 0 saturated carbocycles. The van der Waals surface area contributed by atoms with Gasteiger partial charge in [-0.25, -0.2) is 14.4 Å². The van der Waals surface area contributed by atoms with E-state index >= 15 is 0 Å². The number of benzene rings is 1. The van der Waals surface area contributed by atoms with Crippen LogP contribution in [-0.2, 0) is 17.3 Å². The Hall–Kier alpha value is -1.93. The Morgan fingerprint density at radius 3 is 2.65 bits per heavy atom. The highest BCUT2D eigenvalue weighted by Gasteiger charge is 2.41. The first-order valence-electron chi connectivity index (χ1n) is 10.2. The predicted octanol–water partition coefficient (Wildman–Crippen LogP) is 5.31. The quantitative estimate of drug-likeness (QED) is 0.447. The first-order chi connectivity index (χ1) is 14.4. The normalized spacial score (nSPS) is 14.9. The number of nitrogens with zero attached hydrogens (tertiary/aromatic N) is 2. The average Bonchev–Trinajstić information content (AvgIpc) is 3.12. The first kappa shape index (κ1) is 23.7. The van der Waals surface area contributed by atoms with Gasteiger partial charge in [-0.3, -0.25) is 4.79 Å². The van der Waals surface area contributed by atoms with E-state index in [0.717, 1.165) is 5.56 Å². The molecule has 31 heavy (non-hydrogen) atoms. The Labute approximate surface area is 188 Å². The van der Waals surface area contributed by atoms with Crippen molar-refractivity contribution < 1.29 is 18.7 Å². The largest absolute Gasteiger partial charge is 0.406 e. The summed E-state index contributed by atoms with van der Waals surface area (Å²) in [5, 5.41) is 9.98. The molecule has 0 radical (unpaired) electrons. The van der Waals surface area contributed by atoms with Crippen LogP contribution in [-0.4, -0.2) is 42.6 Å². The summed E-state index contributed by atoms with van der Waals surface area (Å²) in [5.74, 6) is -0.156. The molecule has 1 aromatic heterocycles. The maximum Gasteiger partial charge on any atom is 0.193 e. The molecule has 5 nitrogen and oxygen atoms in total. The molecule has 0 amide bonds. The molecule has 1 aromatic carbocycles. The van der Waals surface area contributed by atoms with Gasteiger partial charge in [-0.05, 0) is 41.9 Å². The van der Waals surface area contributed by atoms with Crippen LogP contribution in [0.5, 0.6) is 0 Å². The van der Waals surface area contributed by atoms with Gasteiger partial charge in [-0.2, -0.15) is 0 Å². The molecule has 0 bridgehead atoms. The van der Waals surface area contributed by atoms with E-state index in [2.05, 4.69) is 43.8 Å². The highest BCUT2D eigenvalue weighted by Crippen LogP contribution is 2.38. The van der Waals surface area contributed by atoms with Crippen LogP contribution >= 0.6 is 11.6 Å². The Balaban J connectivity index is 1.81. The van der Waals surface area contributed by atoms with Crippen molar-refractivity contribution >= 4 is 37.2 Å². The number of halogens is 2. The van der Waals surface area contributed by atoms with Crippen molar-refractivity contribution in [3.8, 4) is 0 Å². The van der Waals surface area contributed by atoms with Gasteiger partial charge < -0.3 is 9.53 Å². The molecule has 2 aromatic rings. The third kappa shape index (κ3) is 5.11. The molecule has 0 spiro atoms. The van der Waals surface area contributed by atoms with Crippen LogP contribution in [0.15, 0.2) is 35.5 Å². The summed E-state index contributed by atoms with van der Waals surface area (Å²) in [6, 6.07) is 5.95. The van der Waals surface area contributed by atoms with Crippen LogP contribution < -0.4 is 0 Å². The highest BCUT2D eigenvalue weighted by atomic mass is 35.5. The maximum absolute atomic E-state index is 13.4. The van der Waals surface area contributed by atoms with Gasteiger partial charge in [0.05, 0.1) is 17.3 Å². The summed E-state index contributed by atoms with van der Waals surface area (Å²) < 4.78 is 19.8. The molecular weight excluding hydrogens is 435 g/mol. The molecule has 1 aliphatic rings. The predicted molar refractivity (Wildman–Crippen MR) is 124 cm³/mol. The molecular formula is C23H28ClFN2O3Si. The number of ketones is 1. The van der Waals surface area contributed by atoms with E-state index in [0.29, 0.717) is 29.1 Å². The van der Waals surface area contributed by atoms with Gasteiger partial charge in [-0.1, -0.05) is 38.4 Å². The summed E-state index contributed by atoms with van der Waals surface area (Å²) in [4.78, 5) is 21.9. The smallest absolute Gasteiger partial charge is 0.193 e. The third-order valence-corrected chi connectivity index (χ3v) is 10.8. The van der Waals surface area contributed by atoms with Crippen LogP contribution in [0.4, 0.5) is 10.2 Å². The lowest BCUT2D eigenvalue weighted by Crippen LogP contribution is -2.47. The number of pyridine rings is 1. The van der Waals surface area contributed by atoms with Crippen molar-refractivity contribution in [3.63, 3.8) is 0 Å². The van der Waals surface area contributed by atoms with E-state index in [4.69, 9.17) is 16.0 Å². The van der Waals surface area contributed by atoms with E-state index in [1.54, 1.807) is 18.3 Å². The van der Waals surface area contributed by atoms with Crippen LogP contribution in [0, 0.1) is 5.82 Å². The van der Waals surface area contributed by atoms with Gasteiger partial charge in [0, 0.05) is 30.2 Å². The molecule has 0 saturated heterocycles. The Morgan fingerprint density at radius 2 is 2.03 bits per heavy atom. The fourth-order valence-electron chi connectivity index (χ4n) is 3.23. The highest BCUT2D eigenvalue weighted by molar-refractivity contribution is 6.74. The number of hydrogen-bond donors (Lipinski definition) is 1. The minimum atomic E-state index is -2.13. The molecule has 1 N–H and O–H groups in total. The number of aliphatic imine (C=N–C) groups is 1. The number of fused-ring (bicyclic) bond motifs is 1. The molecule has 166 valence electrons. The molecule has 0 fully saturated rings. The molecule has 2 heterocycles. The number of hydrogen-bond acceptors (Lipinski definition) is 5. The standard InChI is InChI=1S/C23H28ClFN2O3Si/c1-23(2,3)31(4,5)30-21(13-28)19-12-16-15(8-9-26-22(16)27-19)20(29)11-14-6-7-18(25)17(24)10-14/h6-10,21,28H,11-13H2,1-5H3. The van der Waals surface area contributed by atoms with Gasteiger partial charge in [0.1, 0.15) is 11.9 Å². The lowest BCUT2D eigenvalue weighted by molar-refractivity contribution is 0.0992. The summed E-state index contributed by atoms with van der Waals surface area (Å²) >= 11 is 5.84. The number of Topliss-reactive ketones (excluding diaryl/α,β-unsaturated/α-hetero) is 1. The van der Waals surface area contributed by atoms with E-state index in [9.17, 15) is 14.3 Å². The SMILES string of the molecule is CC(C)(C)[Si](C)(C)OC(CO)C1=Nc2nccc(C(=O)Cc3ccc(F)c(Cl)c3)c2C1. The monoisotopic (exact) mass is 462 g/mol. The summed E-state index contributed by atoms with van der Waals surface area (Å²) in [7, 11) is -2.13. The number of carbonyl (C=O) groups excluding carboxylic acids is 1. The number of aliphatic hydroxyl groups is 1. The number of carbonyl (C=O) groups is 1. The van der Waals surface area contributed by atoms with Gasteiger partial charge in [-0.15, -0.1) is 0 Å². The van der Waals surface area contributed by atoms with Gasteiger partial charge in [0.15, 0.2) is 19.9 Å². The van der Waals surface area contributed by atoms with Crippen molar-refractivity contribution in [1.82, 2.24) is 4.98 Å². The maximum atomic E-state index is 13.4. The van der Waals surface area contributed by atoms with Crippen molar-refractivity contribution in [3.05, 3.63) is 58.0 Å².